The van der Waals surface area contributed by atoms with Crippen molar-refractivity contribution in [1.29, 1.82) is 0 Å². The van der Waals surface area contributed by atoms with Crippen LogP contribution in [-0.4, -0.2) is 20.3 Å². The maximum absolute atomic E-state index is 11.8. The highest BCUT2D eigenvalue weighted by Crippen LogP contribution is 2.45. The molecule has 2 heterocycles. The number of aromatic nitrogens is 2. The fraction of sp³-hybridized carbons (Fsp3) is 0.455. The van der Waals surface area contributed by atoms with Gasteiger partial charge in [-0.2, -0.15) is 0 Å². The van der Waals surface area contributed by atoms with Crippen molar-refractivity contribution in [2.45, 2.75) is 32.6 Å². The smallest absolute Gasteiger partial charge is 0.505 e. The fourth-order valence-corrected chi connectivity index (χ4v) is 2.71. The standard InChI is InChI=1S/C11H13N2O6PS/c1-5-4-13(10(16)12-8(5)15)9-6(14)7(19-20(17)21)11(2,3)18-9/h4,9H,1-3H3,(H2-,12,14,15,16,17,21)/p+1/t9-/m1/s1. The van der Waals surface area contributed by atoms with Crippen LogP contribution in [0.4, 0.5) is 0 Å². The zero-order valence-electron chi connectivity index (χ0n) is 11.5. The van der Waals surface area contributed by atoms with Crippen molar-refractivity contribution in [2.75, 3.05) is 0 Å². The molecule has 0 aromatic carbocycles. The largest absolute Gasteiger partial charge is 0.631 e. The maximum Gasteiger partial charge on any atom is 0.631 e. The molecule has 2 atom stereocenters. The van der Waals surface area contributed by atoms with E-state index >= 15 is 0 Å². The number of thiol groups is 1. The van der Waals surface area contributed by atoms with Crippen LogP contribution in [0.25, 0.3) is 0 Å². The van der Waals surface area contributed by atoms with E-state index < -0.39 is 36.1 Å². The monoisotopic (exact) mass is 333 g/mol. The molecule has 0 saturated carbocycles. The highest BCUT2D eigenvalue weighted by atomic mass is 32.7. The van der Waals surface area contributed by atoms with E-state index in [2.05, 4.69) is 17.2 Å². The summed E-state index contributed by atoms with van der Waals surface area (Å²) in [7, 11) is -2.30. The second-order valence-electron chi connectivity index (χ2n) is 5.00. The molecule has 1 aliphatic heterocycles. The molecule has 1 aliphatic rings. The summed E-state index contributed by atoms with van der Waals surface area (Å²) in [6.45, 7) is 4.67. The van der Waals surface area contributed by atoms with E-state index in [4.69, 9.17) is 9.26 Å². The molecule has 0 bridgehead atoms. The molecule has 0 aliphatic carbocycles. The van der Waals surface area contributed by atoms with Crippen LogP contribution >= 0.6 is 19.5 Å². The Kier molecular flexibility index (Phi) is 4.01. The molecule has 0 spiro atoms. The van der Waals surface area contributed by atoms with Crippen LogP contribution in [0, 0.1) is 6.92 Å². The lowest BCUT2D eigenvalue weighted by molar-refractivity contribution is -0.0624. The van der Waals surface area contributed by atoms with E-state index in [-0.39, 0.29) is 11.3 Å². The molecule has 0 fully saturated rings. The average Bonchev–Trinajstić information content (AvgIpc) is 2.57. The van der Waals surface area contributed by atoms with E-state index in [1.807, 2.05) is 0 Å². The molecule has 0 amide bonds. The molecule has 10 heteroatoms. The van der Waals surface area contributed by atoms with Crippen LogP contribution in [-0.2, 0) is 13.8 Å². The van der Waals surface area contributed by atoms with Gasteiger partial charge in [-0.15, -0.1) is 0 Å². The number of aliphatic hydroxyl groups is 1. The van der Waals surface area contributed by atoms with E-state index in [1.54, 1.807) is 13.8 Å². The van der Waals surface area contributed by atoms with Gasteiger partial charge >= 0.3 is 12.9 Å². The second-order valence-corrected chi connectivity index (χ2v) is 6.64. The summed E-state index contributed by atoms with van der Waals surface area (Å²) >= 11 is 3.63. The normalized spacial score (nSPS) is 21.5. The molecule has 1 unspecified atom stereocenters. The molecule has 114 valence electrons. The number of nitrogens with one attached hydrogen (secondary N) is 1. The number of ether oxygens (including phenoxy) is 1. The van der Waals surface area contributed by atoms with Crippen molar-refractivity contribution in [3.05, 3.63) is 44.1 Å². The number of aromatic amines is 1. The molecule has 0 radical (unpaired) electrons. The van der Waals surface area contributed by atoms with Crippen molar-refractivity contribution in [3.63, 3.8) is 0 Å². The van der Waals surface area contributed by atoms with Gasteiger partial charge in [0.2, 0.25) is 12.0 Å². The third-order valence-corrected chi connectivity index (χ3v) is 3.57. The first-order chi connectivity index (χ1) is 9.63. The Morgan fingerprint density at radius 1 is 1.52 bits per heavy atom. The molecule has 1 aromatic rings. The number of aliphatic hydroxyl groups excluding tert-OH is 1. The van der Waals surface area contributed by atoms with Gasteiger partial charge < -0.3 is 9.84 Å². The molecule has 2 N–H and O–H groups in total. The minimum Gasteiger partial charge on any atom is -0.505 e. The number of hydrogen-bond donors (Lipinski definition) is 3. The lowest BCUT2D eigenvalue weighted by Gasteiger charge is -2.20. The molecular weight excluding hydrogens is 319 g/mol. The third kappa shape index (κ3) is 2.90. The number of hydrogen-bond acceptors (Lipinski definition) is 6. The van der Waals surface area contributed by atoms with Crippen molar-refractivity contribution < 1.29 is 18.9 Å². The Labute approximate surface area is 125 Å². The van der Waals surface area contributed by atoms with Crippen molar-refractivity contribution in [3.8, 4) is 0 Å². The van der Waals surface area contributed by atoms with E-state index in [9.17, 15) is 19.3 Å². The first kappa shape index (κ1) is 15.8. The quantitative estimate of drug-likeness (QED) is 0.571. The van der Waals surface area contributed by atoms with E-state index in [1.165, 1.54) is 13.1 Å². The molecule has 0 saturated heterocycles. The Balaban J connectivity index is 2.55. The van der Waals surface area contributed by atoms with Crippen LogP contribution in [0.3, 0.4) is 0 Å². The van der Waals surface area contributed by atoms with Gasteiger partial charge in [0.15, 0.2) is 18.0 Å². The number of aryl methyl sites for hydroxylation is 1. The Morgan fingerprint density at radius 2 is 2.14 bits per heavy atom. The molecule has 2 rings (SSSR count). The molecule has 21 heavy (non-hydrogen) atoms. The molecular formula is C11H14N2O6PS+. The Hall–Kier alpha value is -1.57. The van der Waals surface area contributed by atoms with Gasteiger partial charge in [-0.05, 0) is 25.3 Å². The lowest BCUT2D eigenvalue weighted by Crippen LogP contribution is -2.35. The zero-order chi connectivity index (χ0) is 15.9. The van der Waals surface area contributed by atoms with Gasteiger partial charge in [-0.25, -0.2) is 9.32 Å². The van der Waals surface area contributed by atoms with Gasteiger partial charge in [-0.1, -0.05) is 0 Å². The highest BCUT2D eigenvalue weighted by molar-refractivity contribution is 8.39. The SMILES string of the molecule is Cc1cn([C@@H]2OC(C)(C)C(O[P+](=O)S)=C2O)c(=O)[nH]c1=O. The summed E-state index contributed by atoms with van der Waals surface area (Å²) in [5, 5.41) is 10.2. The lowest BCUT2D eigenvalue weighted by atomic mass is 10.1. The van der Waals surface area contributed by atoms with E-state index in [0.717, 1.165) is 4.57 Å². The summed E-state index contributed by atoms with van der Waals surface area (Å²) in [6, 6.07) is 0. The summed E-state index contributed by atoms with van der Waals surface area (Å²) < 4.78 is 22.7. The van der Waals surface area contributed by atoms with Gasteiger partial charge in [0.25, 0.3) is 5.56 Å². The third-order valence-electron chi connectivity index (χ3n) is 2.99. The van der Waals surface area contributed by atoms with Crippen molar-refractivity contribution in [1.82, 2.24) is 9.55 Å². The number of nitrogens with zero attached hydrogens (tertiary/aromatic N) is 1. The summed E-state index contributed by atoms with van der Waals surface area (Å²) in [5.74, 6) is -0.467. The van der Waals surface area contributed by atoms with Crippen LogP contribution in [0.15, 0.2) is 27.3 Å². The Bertz CT molecular complexity index is 750. The van der Waals surface area contributed by atoms with Gasteiger partial charge in [-0.3, -0.25) is 14.3 Å². The van der Waals surface area contributed by atoms with Crippen LogP contribution in [0.1, 0.15) is 25.6 Å². The van der Waals surface area contributed by atoms with Gasteiger partial charge in [0.1, 0.15) is 5.60 Å². The fourth-order valence-electron chi connectivity index (χ4n) is 1.99. The first-order valence-corrected chi connectivity index (χ1v) is 8.24. The average molecular weight is 333 g/mol. The van der Waals surface area contributed by atoms with Gasteiger partial charge in [0, 0.05) is 11.8 Å². The zero-order valence-corrected chi connectivity index (χ0v) is 13.3. The summed E-state index contributed by atoms with van der Waals surface area (Å²) in [6.07, 6.45) is 0.0863. The topological polar surface area (TPSA) is 111 Å². The summed E-state index contributed by atoms with van der Waals surface area (Å²) in [5.41, 5.74) is -2.09. The predicted octanol–water partition coefficient (Wildman–Crippen LogP) is 1.53. The van der Waals surface area contributed by atoms with Crippen LogP contribution < -0.4 is 11.2 Å². The molecule has 8 nitrogen and oxygen atoms in total. The first-order valence-electron chi connectivity index (χ1n) is 5.91. The van der Waals surface area contributed by atoms with Crippen molar-refractivity contribution in [2.24, 2.45) is 0 Å². The van der Waals surface area contributed by atoms with Crippen LogP contribution in [0.2, 0.25) is 0 Å². The van der Waals surface area contributed by atoms with Crippen LogP contribution in [0.5, 0.6) is 0 Å². The van der Waals surface area contributed by atoms with E-state index in [0.29, 0.717) is 0 Å². The predicted molar refractivity (Wildman–Crippen MR) is 77.6 cm³/mol. The minimum absolute atomic E-state index is 0.0700. The summed E-state index contributed by atoms with van der Waals surface area (Å²) in [4.78, 5) is 25.3. The minimum atomic E-state index is -2.30. The number of rotatable bonds is 3. The Morgan fingerprint density at radius 3 is 2.71 bits per heavy atom. The highest BCUT2D eigenvalue weighted by Gasteiger charge is 2.47. The second kappa shape index (κ2) is 5.32. The molecule has 1 aromatic heterocycles. The van der Waals surface area contributed by atoms with Crippen molar-refractivity contribution >= 4 is 19.5 Å². The number of H-pyrrole nitrogens is 1. The van der Waals surface area contributed by atoms with Gasteiger partial charge in [0.05, 0.1) is 0 Å². The maximum atomic E-state index is 11.8.